The summed E-state index contributed by atoms with van der Waals surface area (Å²) in [5.41, 5.74) is 0. The molecule has 1 heterocycles. The predicted molar refractivity (Wildman–Crippen MR) is 81.6 cm³/mol. The largest absolute Gasteiger partial charge is 0.337 e. The van der Waals surface area contributed by atoms with Gasteiger partial charge in [-0.3, -0.25) is 4.79 Å². The standard InChI is InChI=1S/C15H28N2O.ClH/c1-12(10-14-6-4-3-5-7-14)15(18)17-9-8-16-11-13(17)2;/h12-14,16H,3-11H2,1-2H3;1H/t12?,13-;/m1./s1. The zero-order valence-corrected chi connectivity index (χ0v) is 13.2. The van der Waals surface area contributed by atoms with Gasteiger partial charge in [-0.05, 0) is 19.3 Å². The third-order valence-electron chi connectivity index (χ3n) is 4.62. The molecule has 1 unspecified atom stereocenters. The van der Waals surface area contributed by atoms with E-state index in [1.54, 1.807) is 0 Å². The highest BCUT2D eigenvalue weighted by atomic mass is 35.5. The van der Waals surface area contributed by atoms with Gasteiger partial charge in [-0.25, -0.2) is 0 Å². The lowest BCUT2D eigenvalue weighted by Gasteiger charge is -2.36. The normalized spacial score (nSPS) is 26.6. The molecule has 4 heteroatoms. The van der Waals surface area contributed by atoms with Crippen molar-refractivity contribution in [3.05, 3.63) is 0 Å². The van der Waals surface area contributed by atoms with E-state index in [1.165, 1.54) is 32.1 Å². The van der Waals surface area contributed by atoms with Crippen LogP contribution in [0.5, 0.6) is 0 Å². The number of carbonyl (C=O) groups excluding carboxylic acids is 1. The molecule has 2 rings (SSSR count). The lowest BCUT2D eigenvalue weighted by atomic mass is 9.83. The van der Waals surface area contributed by atoms with Crippen LogP contribution in [0.4, 0.5) is 0 Å². The average Bonchev–Trinajstić information content (AvgIpc) is 2.39. The molecular formula is C15H29ClN2O. The Bertz CT molecular complexity index is 279. The van der Waals surface area contributed by atoms with Crippen molar-refractivity contribution in [1.29, 1.82) is 0 Å². The molecular weight excluding hydrogens is 260 g/mol. The molecule has 1 saturated carbocycles. The van der Waals surface area contributed by atoms with Gasteiger partial charge in [-0.15, -0.1) is 12.4 Å². The topological polar surface area (TPSA) is 32.3 Å². The summed E-state index contributed by atoms with van der Waals surface area (Å²) in [5, 5.41) is 3.35. The van der Waals surface area contributed by atoms with E-state index in [9.17, 15) is 4.79 Å². The molecule has 112 valence electrons. The smallest absolute Gasteiger partial charge is 0.225 e. The second-order valence-corrected chi connectivity index (χ2v) is 6.23. The molecule has 0 radical (unpaired) electrons. The van der Waals surface area contributed by atoms with Crippen LogP contribution < -0.4 is 5.32 Å². The predicted octanol–water partition coefficient (Wildman–Crippen LogP) is 2.84. The van der Waals surface area contributed by atoms with Crippen molar-refractivity contribution < 1.29 is 4.79 Å². The van der Waals surface area contributed by atoms with Gasteiger partial charge in [-0.2, -0.15) is 0 Å². The second kappa shape index (κ2) is 8.11. The van der Waals surface area contributed by atoms with E-state index >= 15 is 0 Å². The Kier molecular flexibility index (Phi) is 7.16. The summed E-state index contributed by atoms with van der Waals surface area (Å²) in [7, 11) is 0. The van der Waals surface area contributed by atoms with Crippen molar-refractivity contribution in [1.82, 2.24) is 10.2 Å². The Morgan fingerprint density at radius 2 is 2.00 bits per heavy atom. The van der Waals surface area contributed by atoms with Crippen LogP contribution in [-0.4, -0.2) is 36.5 Å². The van der Waals surface area contributed by atoms with Gasteiger partial charge in [-0.1, -0.05) is 39.0 Å². The molecule has 1 N–H and O–H groups in total. The first-order valence-electron chi connectivity index (χ1n) is 7.69. The molecule has 0 aromatic heterocycles. The Balaban J connectivity index is 0.00000180. The summed E-state index contributed by atoms with van der Waals surface area (Å²) in [5.74, 6) is 1.40. The maximum absolute atomic E-state index is 12.5. The van der Waals surface area contributed by atoms with E-state index in [-0.39, 0.29) is 18.3 Å². The van der Waals surface area contributed by atoms with Gasteiger partial charge in [0, 0.05) is 31.6 Å². The average molecular weight is 289 g/mol. The second-order valence-electron chi connectivity index (χ2n) is 6.23. The summed E-state index contributed by atoms with van der Waals surface area (Å²) in [6.45, 7) is 7.06. The number of halogens is 1. The Labute approximate surface area is 123 Å². The van der Waals surface area contributed by atoms with Crippen LogP contribution in [0.2, 0.25) is 0 Å². The monoisotopic (exact) mass is 288 g/mol. The molecule has 2 atom stereocenters. The highest BCUT2D eigenvalue weighted by Gasteiger charge is 2.28. The van der Waals surface area contributed by atoms with Gasteiger partial charge in [0.15, 0.2) is 0 Å². The highest BCUT2D eigenvalue weighted by molar-refractivity contribution is 5.85. The maximum atomic E-state index is 12.5. The molecule has 0 spiro atoms. The molecule has 1 amide bonds. The fraction of sp³-hybridized carbons (Fsp3) is 0.933. The molecule has 1 aliphatic heterocycles. The molecule has 0 aromatic carbocycles. The minimum absolute atomic E-state index is 0. The highest BCUT2D eigenvalue weighted by Crippen LogP contribution is 2.29. The third kappa shape index (κ3) is 4.64. The fourth-order valence-corrected chi connectivity index (χ4v) is 3.48. The first-order chi connectivity index (χ1) is 8.68. The minimum atomic E-state index is 0. The number of carbonyl (C=O) groups is 1. The molecule has 2 fully saturated rings. The first-order valence-corrected chi connectivity index (χ1v) is 7.69. The van der Waals surface area contributed by atoms with Gasteiger partial charge in [0.05, 0.1) is 0 Å². The quantitative estimate of drug-likeness (QED) is 0.866. The Morgan fingerprint density at radius 3 is 2.63 bits per heavy atom. The van der Waals surface area contributed by atoms with Crippen LogP contribution in [0.3, 0.4) is 0 Å². The lowest BCUT2D eigenvalue weighted by molar-refractivity contribution is -0.138. The molecule has 0 aromatic rings. The summed E-state index contributed by atoms with van der Waals surface area (Å²) in [6, 6.07) is 0.361. The van der Waals surface area contributed by atoms with Crippen LogP contribution in [-0.2, 0) is 4.79 Å². The molecule has 0 bridgehead atoms. The number of rotatable bonds is 3. The number of hydrogen-bond acceptors (Lipinski definition) is 2. The van der Waals surface area contributed by atoms with E-state index in [4.69, 9.17) is 0 Å². The maximum Gasteiger partial charge on any atom is 0.225 e. The summed E-state index contributed by atoms with van der Waals surface area (Å²) in [4.78, 5) is 14.6. The van der Waals surface area contributed by atoms with E-state index in [0.29, 0.717) is 11.9 Å². The molecule has 2 aliphatic rings. The van der Waals surface area contributed by atoms with Crippen molar-refractivity contribution in [2.45, 2.75) is 58.4 Å². The van der Waals surface area contributed by atoms with E-state index in [0.717, 1.165) is 32.0 Å². The molecule has 3 nitrogen and oxygen atoms in total. The van der Waals surface area contributed by atoms with Crippen LogP contribution in [0.25, 0.3) is 0 Å². The Morgan fingerprint density at radius 1 is 1.32 bits per heavy atom. The number of nitrogens with one attached hydrogen (secondary N) is 1. The molecule has 1 aliphatic carbocycles. The van der Waals surface area contributed by atoms with Crippen molar-refractivity contribution in [3.63, 3.8) is 0 Å². The van der Waals surface area contributed by atoms with Crippen molar-refractivity contribution in [2.24, 2.45) is 11.8 Å². The number of nitrogens with zero attached hydrogens (tertiary/aromatic N) is 1. The summed E-state index contributed by atoms with van der Waals surface area (Å²) < 4.78 is 0. The van der Waals surface area contributed by atoms with Crippen molar-refractivity contribution >= 4 is 18.3 Å². The van der Waals surface area contributed by atoms with Crippen LogP contribution in [0.1, 0.15) is 52.4 Å². The zero-order valence-electron chi connectivity index (χ0n) is 12.4. The number of hydrogen-bond donors (Lipinski definition) is 1. The van der Waals surface area contributed by atoms with Crippen LogP contribution >= 0.6 is 12.4 Å². The van der Waals surface area contributed by atoms with E-state index in [1.807, 2.05) is 0 Å². The summed E-state index contributed by atoms with van der Waals surface area (Å²) >= 11 is 0. The van der Waals surface area contributed by atoms with Gasteiger partial charge >= 0.3 is 0 Å². The SMILES string of the molecule is CC(CC1CCCCC1)C(=O)N1CCNC[C@H]1C.Cl. The van der Waals surface area contributed by atoms with Gasteiger partial charge in [0.1, 0.15) is 0 Å². The molecule has 1 saturated heterocycles. The lowest BCUT2D eigenvalue weighted by Crippen LogP contribution is -2.53. The van der Waals surface area contributed by atoms with Crippen LogP contribution in [0, 0.1) is 11.8 Å². The number of amides is 1. The van der Waals surface area contributed by atoms with Gasteiger partial charge in [0.25, 0.3) is 0 Å². The third-order valence-corrected chi connectivity index (χ3v) is 4.62. The van der Waals surface area contributed by atoms with E-state index in [2.05, 4.69) is 24.1 Å². The molecule has 19 heavy (non-hydrogen) atoms. The first kappa shape index (κ1) is 16.8. The number of piperazine rings is 1. The van der Waals surface area contributed by atoms with Gasteiger partial charge in [0.2, 0.25) is 5.91 Å². The van der Waals surface area contributed by atoms with E-state index < -0.39 is 0 Å². The minimum Gasteiger partial charge on any atom is -0.337 e. The van der Waals surface area contributed by atoms with Crippen LogP contribution in [0.15, 0.2) is 0 Å². The fourth-order valence-electron chi connectivity index (χ4n) is 3.48. The van der Waals surface area contributed by atoms with Crippen molar-refractivity contribution in [3.8, 4) is 0 Å². The zero-order chi connectivity index (χ0) is 13.0. The Hall–Kier alpha value is -0.280. The summed E-state index contributed by atoms with van der Waals surface area (Å²) in [6.07, 6.45) is 7.93. The van der Waals surface area contributed by atoms with Gasteiger partial charge < -0.3 is 10.2 Å². The van der Waals surface area contributed by atoms with Crippen molar-refractivity contribution in [2.75, 3.05) is 19.6 Å².